The summed E-state index contributed by atoms with van der Waals surface area (Å²) in [5.74, 6) is 0.0695. The number of hydrogen-bond acceptors (Lipinski definition) is 3. The molecule has 2 heterocycles. The lowest BCUT2D eigenvalue weighted by Gasteiger charge is -1.97. The van der Waals surface area contributed by atoms with Crippen LogP contribution >= 0.6 is 0 Å². The van der Waals surface area contributed by atoms with Crippen LogP contribution in [0.5, 0.6) is 5.75 Å². The van der Waals surface area contributed by atoms with E-state index in [1.807, 2.05) is 30.3 Å². The predicted octanol–water partition coefficient (Wildman–Crippen LogP) is 3.46. The van der Waals surface area contributed by atoms with E-state index < -0.39 is 0 Å². The first-order chi connectivity index (χ1) is 10.7. The van der Waals surface area contributed by atoms with Crippen molar-refractivity contribution in [3.8, 4) is 28.5 Å². The highest BCUT2D eigenvalue weighted by Gasteiger charge is 2.18. The van der Waals surface area contributed by atoms with Crippen molar-refractivity contribution in [1.82, 2.24) is 20.2 Å². The predicted molar refractivity (Wildman–Crippen MR) is 80.7 cm³/mol. The van der Waals surface area contributed by atoms with Crippen LogP contribution in [0.25, 0.3) is 33.8 Å². The second-order valence-electron chi connectivity index (χ2n) is 4.91. The maximum atomic E-state index is 13.2. The van der Waals surface area contributed by atoms with Crippen LogP contribution in [0.4, 0.5) is 4.39 Å². The highest BCUT2D eigenvalue weighted by atomic mass is 19.1. The van der Waals surface area contributed by atoms with E-state index in [-0.39, 0.29) is 11.6 Å². The quantitative estimate of drug-likeness (QED) is 0.530. The lowest BCUT2D eigenvalue weighted by atomic mass is 10.1. The number of fused-ring (bicyclic) bond motifs is 1. The van der Waals surface area contributed by atoms with Gasteiger partial charge in [-0.3, -0.25) is 5.10 Å². The molecule has 0 amide bonds. The summed E-state index contributed by atoms with van der Waals surface area (Å²) in [6, 6.07) is 13.6. The number of aromatic hydroxyl groups is 1. The normalized spacial score (nSPS) is 11.1. The minimum Gasteiger partial charge on any atom is -0.504 e. The largest absolute Gasteiger partial charge is 0.504 e. The zero-order valence-electron chi connectivity index (χ0n) is 11.3. The Balaban J connectivity index is 1.84. The average Bonchev–Trinajstić information content (AvgIpc) is 3.10. The minimum atomic E-state index is -0.346. The van der Waals surface area contributed by atoms with Crippen LogP contribution in [0, 0.1) is 5.82 Å². The van der Waals surface area contributed by atoms with E-state index in [1.54, 1.807) is 6.07 Å². The molecule has 0 unspecified atom stereocenters. The molecule has 0 fully saturated rings. The third kappa shape index (κ3) is 1.93. The van der Waals surface area contributed by atoms with Crippen molar-refractivity contribution in [1.29, 1.82) is 0 Å². The lowest BCUT2D eigenvalue weighted by molar-refractivity contribution is 0.479. The Morgan fingerprint density at radius 3 is 2.68 bits per heavy atom. The van der Waals surface area contributed by atoms with Crippen molar-refractivity contribution >= 4 is 11.0 Å². The van der Waals surface area contributed by atoms with Gasteiger partial charge in [0.05, 0.1) is 11.0 Å². The highest BCUT2D eigenvalue weighted by molar-refractivity contribution is 5.82. The average molecular weight is 294 g/mol. The number of aromatic amines is 2. The molecule has 0 radical (unpaired) electrons. The van der Waals surface area contributed by atoms with E-state index in [0.29, 0.717) is 28.2 Å². The molecule has 5 nitrogen and oxygen atoms in total. The number of nitrogens with zero attached hydrogens (tertiary/aromatic N) is 2. The molecule has 22 heavy (non-hydrogen) atoms. The molecular weight excluding hydrogens is 283 g/mol. The van der Waals surface area contributed by atoms with Crippen LogP contribution in [-0.2, 0) is 0 Å². The number of benzene rings is 2. The first-order valence-corrected chi connectivity index (χ1v) is 6.71. The SMILES string of the molecule is Oc1c(-c2ccccc2)n[nH]c1-c1nc2ccc(F)cc2[nH]1. The van der Waals surface area contributed by atoms with E-state index in [4.69, 9.17) is 0 Å². The summed E-state index contributed by atoms with van der Waals surface area (Å²) in [7, 11) is 0. The molecule has 2 aromatic heterocycles. The fraction of sp³-hybridized carbons (Fsp3) is 0. The molecule has 4 aromatic rings. The molecule has 0 saturated carbocycles. The van der Waals surface area contributed by atoms with Gasteiger partial charge in [-0.25, -0.2) is 9.37 Å². The zero-order chi connectivity index (χ0) is 15.1. The van der Waals surface area contributed by atoms with Gasteiger partial charge in [0.15, 0.2) is 11.6 Å². The van der Waals surface area contributed by atoms with Gasteiger partial charge in [-0.2, -0.15) is 5.10 Å². The van der Waals surface area contributed by atoms with Gasteiger partial charge in [-0.1, -0.05) is 30.3 Å². The van der Waals surface area contributed by atoms with Crippen molar-refractivity contribution in [2.75, 3.05) is 0 Å². The summed E-state index contributed by atoms with van der Waals surface area (Å²) >= 11 is 0. The van der Waals surface area contributed by atoms with Crippen molar-refractivity contribution < 1.29 is 9.50 Å². The summed E-state index contributed by atoms with van der Waals surface area (Å²) in [6.45, 7) is 0. The first-order valence-electron chi connectivity index (χ1n) is 6.71. The number of hydrogen-bond donors (Lipinski definition) is 3. The number of rotatable bonds is 2. The Kier molecular flexibility index (Phi) is 2.69. The van der Waals surface area contributed by atoms with Gasteiger partial charge in [0.2, 0.25) is 0 Å². The van der Waals surface area contributed by atoms with Gasteiger partial charge in [0.25, 0.3) is 0 Å². The Labute approximate surface area is 124 Å². The van der Waals surface area contributed by atoms with Gasteiger partial charge in [0, 0.05) is 5.56 Å². The van der Waals surface area contributed by atoms with Gasteiger partial charge in [-0.15, -0.1) is 0 Å². The van der Waals surface area contributed by atoms with E-state index in [9.17, 15) is 9.50 Å². The lowest BCUT2D eigenvalue weighted by Crippen LogP contribution is -1.80. The summed E-state index contributed by atoms with van der Waals surface area (Å²) in [4.78, 5) is 7.31. The van der Waals surface area contributed by atoms with E-state index in [1.165, 1.54) is 12.1 Å². The summed E-state index contributed by atoms with van der Waals surface area (Å²) < 4.78 is 13.2. The third-order valence-electron chi connectivity index (χ3n) is 3.47. The molecule has 0 aliphatic heterocycles. The van der Waals surface area contributed by atoms with Gasteiger partial charge in [0.1, 0.15) is 17.2 Å². The van der Waals surface area contributed by atoms with Crippen LogP contribution in [-0.4, -0.2) is 25.3 Å². The Hall–Kier alpha value is -3.15. The smallest absolute Gasteiger partial charge is 0.172 e. The molecule has 108 valence electrons. The molecule has 6 heteroatoms. The van der Waals surface area contributed by atoms with Gasteiger partial charge < -0.3 is 10.1 Å². The monoisotopic (exact) mass is 294 g/mol. The first kappa shape index (κ1) is 12.6. The van der Waals surface area contributed by atoms with Crippen molar-refractivity contribution in [3.63, 3.8) is 0 Å². The van der Waals surface area contributed by atoms with Crippen LogP contribution in [0.15, 0.2) is 48.5 Å². The van der Waals surface area contributed by atoms with E-state index >= 15 is 0 Å². The standard InChI is InChI=1S/C16H11FN4O/c17-10-6-7-11-12(8-10)19-16(18-11)14-15(22)13(20-21-14)9-4-2-1-3-5-9/h1-8,22H,(H,18,19)(H,20,21). The fourth-order valence-electron chi connectivity index (χ4n) is 2.40. The molecule has 4 rings (SSSR count). The topological polar surface area (TPSA) is 77.6 Å². The van der Waals surface area contributed by atoms with Crippen molar-refractivity contribution in [2.24, 2.45) is 0 Å². The molecule has 0 aliphatic rings. The molecule has 0 spiro atoms. The minimum absolute atomic E-state index is 0.00530. The number of H-pyrrole nitrogens is 2. The molecular formula is C16H11FN4O. The molecule has 3 N–H and O–H groups in total. The fourth-order valence-corrected chi connectivity index (χ4v) is 2.40. The summed E-state index contributed by atoms with van der Waals surface area (Å²) in [5.41, 5.74) is 2.79. The Morgan fingerprint density at radius 1 is 1.05 bits per heavy atom. The maximum absolute atomic E-state index is 13.2. The maximum Gasteiger partial charge on any atom is 0.172 e. The molecule has 0 bridgehead atoms. The van der Waals surface area contributed by atoms with Crippen LogP contribution < -0.4 is 0 Å². The van der Waals surface area contributed by atoms with Crippen molar-refractivity contribution in [2.45, 2.75) is 0 Å². The van der Waals surface area contributed by atoms with Crippen LogP contribution in [0.2, 0.25) is 0 Å². The molecule has 0 saturated heterocycles. The second-order valence-corrected chi connectivity index (χ2v) is 4.91. The number of nitrogens with one attached hydrogen (secondary N) is 2. The molecule has 0 aliphatic carbocycles. The van der Waals surface area contributed by atoms with Crippen LogP contribution in [0.1, 0.15) is 0 Å². The summed E-state index contributed by atoms with van der Waals surface area (Å²) in [5, 5.41) is 17.3. The molecule has 0 atom stereocenters. The van der Waals surface area contributed by atoms with Gasteiger partial charge >= 0.3 is 0 Å². The Bertz CT molecular complexity index is 959. The second kappa shape index (κ2) is 4.70. The molecule has 2 aromatic carbocycles. The zero-order valence-corrected chi connectivity index (χ0v) is 11.3. The van der Waals surface area contributed by atoms with Gasteiger partial charge in [-0.05, 0) is 18.2 Å². The number of imidazole rings is 1. The van der Waals surface area contributed by atoms with Crippen LogP contribution in [0.3, 0.4) is 0 Å². The highest BCUT2D eigenvalue weighted by Crippen LogP contribution is 2.35. The Morgan fingerprint density at radius 2 is 1.86 bits per heavy atom. The van der Waals surface area contributed by atoms with E-state index in [2.05, 4.69) is 20.2 Å². The van der Waals surface area contributed by atoms with E-state index in [0.717, 1.165) is 5.56 Å². The van der Waals surface area contributed by atoms with Crippen molar-refractivity contribution in [3.05, 3.63) is 54.3 Å². The summed E-state index contributed by atoms with van der Waals surface area (Å²) in [6.07, 6.45) is 0. The third-order valence-corrected chi connectivity index (χ3v) is 3.47. The number of halogens is 1. The number of aromatic nitrogens is 4.